The predicted molar refractivity (Wildman–Crippen MR) is 145 cm³/mol. The molecule has 3 N–H and O–H groups in total. The summed E-state index contributed by atoms with van der Waals surface area (Å²) < 4.78 is 55.9. The molecule has 0 aromatic heterocycles. The standard InChI is InChI=1S/C30H21F4N3O4/c1-2-16-9-11-20(12-10-16)37-24-15-19(30(32,33)34)14-22(31)25(24)26(28(37)39)36-35-23-8-4-7-21(27(23)38)17-5-3-6-18(13-17)29(40)41/h3-15,35,38H,2H2,1H3,(H,40,41)/b36-26-. The van der Waals surface area contributed by atoms with Gasteiger partial charge in [-0.25, -0.2) is 9.18 Å². The number of alkyl halides is 3. The molecule has 0 radical (unpaired) electrons. The highest BCUT2D eigenvalue weighted by Crippen LogP contribution is 2.42. The maximum Gasteiger partial charge on any atom is 0.416 e. The predicted octanol–water partition coefficient (Wildman–Crippen LogP) is 6.97. The van der Waals surface area contributed by atoms with Crippen LogP contribution >= 0.6 is 0 Å². The van der Waals surface area contributed by atoms with Crippen LogP contribution < -0.4 is 10.3 Å². The number of halogens is 4. The molecule has 208 valence electrons. The van der Waals surface area contributed by atoms with Gasteiger partial charge >= 0.3 is 12.1 Å². The number of aromatic carboxylic acids is 1. The number of para-hydroxylation sites is 1. The lowest BCUT2D eigenvalue weighted by Crippen LogP contribution is -2.26. The Labute approximate surface area is 231 Å². The number of nitrogens with zero attached hydrogens (tertiary/aromatic N) is 2. The highest BCUT2D eigenvalue weighted by atomic mass is 19.4. The Kier molecular flexibility index (Phi) is 6.96. The van der Waals surface area contributed by atoms with Gasteiger partial charge in [-0.05, 0) is 60.0 Å². The van der Waals surface area contributed by atoms with Gasteiger partial charge < -0.3 is 10.2 Å². The SMILES string of the molecule is CCc1ccc(N2C(=O)/C(=N\Nc3cccc(-c4cccc(C(=O)O)c4)c3O)c3c(F)cc(C(F)(F)F)cc32)cc1. The number of hydrogen-bond acceptors (Lipinski definition) is 5. The van der Waals surface area contributed by atoms with Crippen LogP contribution in [0.5, 0.6) is 5.75 Å². The maximum absolute atomic E-state index is 15.2. The quantitative estimate of drug-likeness (QED) is 0.134. The molecule has 11 heteroatoms. The van der Waals surface area contributed by atoms with Gasteiger partial charge in [0.25, 0.3) is 5.91 Å². The molecule has 7 nitrogen and oxygen atoms in total. The van der Waals surface area contributed by atoms with Crippen molar-refractivity contribution in [3.8, 4) is 16.9 Å². The molecule has 0 bridgehead atoms. The van der Waals surface area contributed by atoms with E-state index in [-0.39, 0.29) is 33.9 Å². The van der Waals surface area contributed by atoms with Crippen LogP contribution in [0, 0.1) is 5.82 Å². The van der Waals surface area contributed by atoms with Crippen molar-refractivity contribution in [2.24, 2.45) is 5.10 Å². The van der Waals surface area contributed by atoms with Crippen LogP contribution in [0.1, 0.15) is 34.0 Å². The van der Waals surface area contributed by atoms with Gasteiger partial charge in [0.1, 0.15) is 11.6 Å². The first-order valence-corrected chi connectivity index (χ1v) is 12.3. The Morgan fingerprint density at radius 2 is 1.71 bits per heavy atom. The van der Waals surface area contributed by atoms with Crippen molar-refractivity contribution in [2.75, 3.05) is 10.3 Å². The molecule has 1 heterocycles. The molecule has 0 aliphatic carbocycles. The molecule has 1 aliphatic heterocycles. The van der Waals surface area contributed by atoms with Crippen LogP contribution in [0.4, 0.5) is 34.6 Å². The van der Waals surface area contributed by atoms with Crippen molar-refractivity contribution in [2.45, 2.75) is 19.5 Å². The van der Waals surface area contributed by atoms with Gasteiger partial charge in [0.2, 0.25) is 0 Å². The molecule has 0 saturated heterocycles. The molecule has 4 aromatic rings. The summed E-state index contributed by atoms with van der Waals surface area (Å²) in [6.07, 6.45) is -4.17. The Morgan fingerprint density at radius 1 is 1.00 bits per heavy atom. The molecule has 41 heavy (non-hydrogen) atoms. The summed E-state index contributed by atoms with van der Waals surface area (Å²) in [6.45, 7) is 1.92. The molecule has 5 rings (SSSR count). The number of amides is 1. The van der Waals surface area contributed by atoms with Crippen LogP contribution in [-0.4, -0.2) is 27.8 Å². The van der Waals surface area contributed by atoms with Crippen LogP contribution in [0.15, 0.2) is 84.0 Å². The molecular weight excluding hydrogens is 542 g/mol. The number of aryl methyl sites for hydroxylation is 1. The van der Waals surface area contributed by atoms with E-state index in [9.17, 15) is 33.0 Å². The minimum atomic E-state index is -4.86. The number of fused-ring (bicyclic) bond motifs is 1. The Balaban J connectivity index is 1.58. The first kappa shape index (κ1) is 27.4. The highest BCUT2D eigenvalue weighted by molar-refractivity contribution is 6.55. The van der Waals surface area contributed by atoms with E-state index in [2.05, 4.69) is 10.5 Å². The average Bonchev–Trinajstić information content (AvgIpc) is 3.23. The second-order valence-electron chi connectivity index (χ2n) is 9.17. The maximum atomic E-state index is 15.2. The number of phenolic OH excluding ortho intramolecular Hbond substituents is 1. The molecular formula is C30H21F4N3O4. The lowest BCUT2D eigenvalue weighted by Gasteiger charge is -2.18. The summed E-state index contributed by atoms with van der Waals surface area (Å²) in [7, 11) is 0. The van der Waals surface area contributed by atoms with Gasteiger partial charge in [0.15, 0.2) is 5.71 Å². The largest absolute Gasteiger partial charge is 0.505 e. The summed E-state index contributed by atoms with van der Waals surface area (Å²) in [5.74, 6) is -3.67. The van der Waals surface area contributed by atoms with Crippen molar-refractivity contribution in [3.63, 3.8) is 0 Å². The number of hydrogen-bond donors (Lipinski definition) is 3. The van der Waals surface area contributed by atoms with E-state index in [4.69, 9.17) is 0 Å². The molecule has 4 aromatic carbocycles. The summed E-state index contributed by atoms with van der Waals surface area (Å²) in [6, 6.07) is 17.8. The summed E-state index contributed by atoms with van der Waals surface area (Å²) in [5, 5.41) is 24.2. The van der Waals surface area contributed by atoms with E-state index in [1.165, 1.54) is 36.4 Å². The Hall–Kier alpha value is -5.19. The summed E-state index contributed by atoms with van der Waals surface area (Å²) in [4.78, 5) is 25.8. The third-order valence-electron chi connectivity index (χ3n) is 6.63. The molecule has 0 atom stereocenters. The smallest absolute Gasteiger partial charge is 0.416 e. The fourth-order valence-corrected chi connectivity index (χ4v) is 4.53. The first-order valence-electron chi connectivity index (χ1n) is 12.3. The van der Waals surface area contributed by atoms with E-state index >= 15 is 4.39 Å². The number of carboxylic acids is 1. The number of anilines is 3. The summed E-state index contributed by atoms with van der Waals surface area (Å²) in [5.41, 5.74) is 1.77. The third kappa shape index (κ3) is 5.09. The number of carbonyl (C=O) groups excluding carboxylic acids is 1. The second-order valence-corrected chi connectivity index (χ2v) is 9.17. The second kappa shape index (κ2) is 10.4. The molecule has 0 saturated carbocycles. The number of carbonyl (C=O) groups is 2. The molecule has 0 fully saturated rings. The summed E-state index contributed by atoms with van der Waals surface area (Å²) >= 11 is 0. The number of carboxylic acid groups (broad SMARTS) is 1. The average molecular weight is 564 g/mol. The van der Waals surface area contributed by atoms with Gasteiger partial charge in [-0.15, -0.1) is 0 Å². The van der Waals surface area contributed by atoms with E-state index in [1.54, 1.807) is 30.3 Å². The van der Waals surface area contributed by atoms with Crippen molar-refractivity contribution in [3.05, 3.63) is 107 Å². The molecule has 1 aliphatic rings. The van der Waals surface area contributed by atoms with Crippen molar-refractivity contribution >= 4 is 34.7 Å². The third-order valence-corrected chi connectivity index (χ3v) is 6.63. The highest BCUT2D eigenvalue weighted by Gasteiger charge is 2.41. The minimum Gasteiger partial charge on any atom is -0.505 e. The van der Waals surface area contributed by atoms with E-state index in [0.29, 0.717) is 24.1 Å². The van der Waals surface area contributed by atoms with E-state index in [0.717, 1.165) is 10.5 Å². The zero-order chi connectivity index (χ0) is 29.5. The minimum absolute atomic E-state index is 0.00516. The molecule has 1 amide bonds. The number of nitrogens with one attached hydrogen (secondary N) is 1. The zero-order valence-electron chi connectivity index (χ0n) is 21.3. The first-order chi connectivity index (χ1) is 19.5. The number of hydrazone groups is 1. The van der Waals surface area contributed by atoms with Crippen LogP contribution in [0.2, 0.25) is 0 Å². The lowest BCUT2D eigenvalue weighted by atomic mass is 10.0. The van der Waals surface area contributed by atoms with E-state index < -0.39 is 40.7 Å². The van der Waals surface area contributed by atoms with Gasteiger partial charge in [-0.1, -0.05) is 43.3 Å². The van der Waals surface area contributed by atoms with Crippen LogP contribution in [-0.2, 0) is 17.4 Å². The van der Waals surface area contributed by atoms with Gasteiger partial charge in [0, 0.05) is 11.3 Å². The van der Waals surface area contributed by atoms with Crippen LogP contribution in [0.25, 0.3) is 11.1 Å². The zero-order valence-corrected chi connectivity index (χ0v) is 21.3. The number of aromatic hydroxyl groups is 1. The fourth-order valence-electron chi connectivity index (χ4n) is 4.53. The lowest BCUT2D eigenvalue weighted by molar-refractivity contribution is -0.137. The number of rotatable bonds is 6. The molecule has 0 unspecified atom stereocenters. The van der Waals surface area contributed by atoms with Crippen molar-refractivity contribution in [1.29, 1.82) is 0 Å². The monoisotopic (exact) mass is 563 g/mol. The number of benzene rings is 4. The van der Waals surface area contributed by atoms with Gasteiger partial charge in [0.05, 0.1) is 28.1 Å². The Bertz CT molecular complexity index is 1720. The van der Waals surface area contributed by atoms with Crippen LogP contribution in [0.3, 0.4) is 0 Å². The Morgan fingerprint density at radius 3 is 2.37 bits per heavy atom. The fraction of sp³-hybridized carbons (Fsp3) is 0.100. The molecule has 0 spiro atoms. The van der Waals surface area contributed by atoms with Crippen molar-refractivity contribution < 1.29 is 37.4 Å². The van der Waals surface area contributed by atoms with E-state index in [1.807, 2.05) is 6.92 Å². The van der Waals surface area contributed by atoms with Gasteiger partial charge in [-0.2, -0.15) is 18.3 Å². The van der Waals surface area contributed by atoms with Gasteiger partial charge in [-0.3, -0.25) is 15.1 Å². The van der Waals surface area contributed by atoms with Crippen molar-refractivity contribution in [1.82, 2.24) is 0 Å². The normalized spacial score (nSPS) is 13.9. The number of phenols is 1. The topological polar surface area (TPSA) is 102 Å².